The Morgan fingerprint density at radius 1 is 1.29 bits per heavy atom. The number of nitrogens with zero attached hydrogens (tertiary/aromatic N) is 2. The highest BCUT2D eigenvalue weighted by molar-refractivity contribution is 14.1. The van der Waals surface area contributed by atoms with E-state index in [4.69, 9.17) is 0 Å². The number of imidazole rings is 1. The molecule has 0 amide bonds. The van der Waals surface area contributed by atoms with Crippen molar-refractivity contribution >= 4 is 22.6 Å². The molecule has 1 fully saturated rings. The average molecular weight is 339 g/mol. The zero-order chi connectivity index (χ0) is 11.7. The Hall–Kier alpha value is -0.880. The van der Waals surface area contributed by atoms with Gasteiger partial charge in [0.2, 0.25) is 0 Å². The zero-order valence-electron chi connectivity index (χ0n) is 9.44. The third kappa shape index (κ3) is 2.24. The maximum Gasteiger partial charge on any atom is 0.0994 e. The lowest BCUT2D eigenvalue weighted by molar-refractivity contribution is 0.615. The highest BCUT2D eigenvalue weighted by atomic mass is 127. The fourth-order valence-electron chi connectivity index (χ4n) is 2.32. The molecular weight excluding hydrogens is 325 g/mol. The van der Waals surface area contributed by atoms with Crippen LogP contribution in [0, 0.1) is 3.57 Å². The minimum absolute atomic E-state index is 0.455. The molecule has 4 heteroatoms. The molecule has 1 aliphatic heterocycles. The molecule has 3 rings (SSSR count). The van der Waals surface area contributed by atoms with Crippen LogP contribution in [0.2, 0.25) is 0 Å². The van der Waals surface area contributed by atoms with Crippen molar-refractivity contribution in [3.8, 4) is 5.69 Å². The molecule has 1 N–H and O–H groups in total. The van der Waals surface area contributed by atoms with Crippen molar-refractivity contribution in [3.63, 3.8) is 0 Å². The number of aromatic nitrogens is 2. The first kappa shape index (κ1) is 11.2. The van der Waals surface area contributed by atoms with E-state index in [0.717, 1.165) is 6.54 Å². The summed E-state index contributed by atoms with van der Waals surface area (Å²) in [6, 6.07) is 8.99. The second kappa shape index (κ2) is 4.78. The van der Waals surface area contributed by atoms with E-state index in [1.165, 1.54) is 27.8 Å². The molecule has 1 unspecified atom stereocenters. The third-order valence-corrected chi connectivity index (χ3v) is 3.91. The normalized spacial score (nSPS) is 19.7. The number of hydrogen-bond donors (Lipinski definition) is 1. The van der Waals surface area contributed by atoms with E-state index in [1.54, 1.807) is 0 Å². The quantitative estimate of drug-likeness (QED) is 0.853. The number of rotatable bonds is 2. The fraction of sp³-hybridized carbons (Fsp3) is 0.308. The standard InChI is InChI=1S/C13H14IN3/c14-10-3-5-11(6-4-10)17-9-15-8-13(17)12-2-1-7-16-12/h3-6,8-9,12,16H,1-2,7H2. The van der Waals surface area contributed by atoms with Crippen LogP contribution in [-0.2, 0) is 0 Å². The van der Waals surface area contributed by atoms with Crippen molar-refractivity contribution in [2.45, 2.75) is 18.9 Å². The lowest BCUT2D eigenvalue weighted by Crippen LogP contribution is -2.16. The van der Waals surface area contributed by atoms with Gasteiger partial charge < -0.3 is 9.88 Å². The Balaban J connectivity index is 1.97. The second-order valence-corrected chi connectivity index (χ2v) is 5.56. The fourth-order valence-corrected chi connectivity index (χ4v) is 2.68. The largest absolute Gasteiger partial charge is 0.309 e. The van der Waals surface area contributed by atoms with Crippen molar-refractivity contribution in [2.24, 2.45) is 0 Å². The van der Waals surface area contributed by atoms with Gasteiger partial charge in [-0.2, -0.15) is 0 Å². The average Bonchev–Trinajstić information content (AvgIpc) is 3.00. The van der Waals surface area contributed by atoms with E-state index >= 15 is 0 Å². The molecule has 1 atom stereocenters. The van der Waals surface area contributed by atoms with Crippen molar-refractivity contribution in [1.82, 2.24) is 14.9 Å². The van der Waals surface area contributed by atoms with Gasteiger partial charge in [-0.3, -0.25) is 0 Å². The molecule has 0 saturated carbocycles. The second-order valence-electron chi connectivity index (χ2n) is 4.31. The molecule has 0 bridgehead atoms. The van der Waals surface area contributed by atoms with E-state index in [9.17, 15) is 0 Å². The van der Waals surface area contributed by atoms with Gasteiger partial charge in [0.15, 0.2) is 0 Å². The van der Waals surface area contributed by atoms with E-state index in [-0.39, 0.29) is 0 Å². The molecule has 1 aromatic carbocycles. The summed E-state index contributed by atoms with van der Waals surface area (Å²) in [5, 5.41) is 3.52. The van der Waals surface area contributed by atoms with Gasteiger partial charge in [0.1, 0.15) is 0 Å². The van der Waals surface area contributed by atoms with E-state index in [1.807, 2.05) is 12.5 Å². The van der Waals surface area contributed by atoms with Gasteiger partial charge in [0.05, 0.1) is 18.2 Å². The third-order valence-electron chi connectivity index (χ3n) is 3.19. The predicted octanol–water partition coefficient (Wildman–Crippen LogP) is 2.90. The number of halogens is 1. The lowest BCUT2D eigenvalue weighted by atomic mass is 10.1. The zero-order valence-corrected chi connectivity index (χ0v) is 11.6. The number of nitrogens with one attached hydrogen (secondary N) is 1. The van der Waals surface area contributed by atoms with Gasteiger partial charge in [-0.25, -0.2) is 4.98 Å². The molecule has 3 nitrogen and oxygen atoms in total. The van der Waals surface area contributed by atoms with Gasteiger partial charge in [-0.1, -0.05) is 0 Å². The maximum absolute atomic E-state index is 4.29. The van der Waals surface area contributed by atoms with Crippen LogP contribution in [0.1, 0.15) is 24.6 Å². The molecule has 1 saturated heterocycles. The van der Waals surface area contributed by atoms with E-state index < -0.39 is 0 Å². The summed E-state index contributed by atoms with van der Waals surface area (Å²) in [7, 11) is 0. The van der Waals surface area contributed by atoms with Crippen molar-refractivity contribution < 1.29 is 0 Å². The SMILES string of the molecule is Ic1ccc(-n2cncc2C2CCCN2)cc1. The minimum atomic E-state index is 0.455. The molecule has 0 spiro atoms. The Kier molecular flexibility index (Phi) is 3.15. The Labute approximate surface area is 114 Å². The maximum atomic E-state index is 4.29. The smallest absolute Gasteiger partial charge is 0.0994 e. The van der Waals surface area contributed by atoms with Crippen LogP contribution in [-0.4, -0.2) is 16.1 Å². The number of benzene rings is 1. The highest BCUT2D eigenvalue weighted by Crippen LogP contribution is 2.25. The van der Waals surface area contributed by atoms with Crippen molar-refractivity contribution in [2.75, 3.05) is 6.54 Å². The Morgan fingerprint density at radius 2 is 2.12 bits per heavy atom. The first-order valence-corrected chi connectivity index (χ1v) is 6.94. The van der Waals surface area contributed by atoms with Gasteiger partial charge in [0, 0.05) is 15.3 Å². The predicted molar refractivity (Wildman–Crippen MR) is 76.3 cm³/mol. The van der Waals surface area contributed by atoms with Gasteiger partial charge in [-0.05, 0) is 66.2 Å². The van der Waals surface area contributed by atoms with E-state index in [2.05, 4.69) is 61.7 Å². The van der Waals surface area contributed by atoms with E-state index in [0.29, 0.717) is 6.04 Å². The summed E-state index contributed by atoms with van der Waals surface area (Å²) in [5.41, 5.74) is 2.45. The van der Waals surface area contributed by atoms with Gasteiger partial charge in [-0.15, -0.1) is 0 Å². The summed E-state index contributed by atoms with van der Waals surface area (Å²) >= 11 is 2.32. The Morgan fingerprint density at radius 3 is 2.82 bits per heavy atom. The first-order chi connectivity index (χ1) is 8.34. The van der Waals surface area contributed by atoms with Crippen LogP contribution in [0.25, 0.3) is 5.69 Å². The molecule has 1 aromatic heterocycles. The molecule has 0 aliphatic carbocycles. The number of hydrogen-bond acceptors (Lipinski definition) is 2. The van der Waals surface area contributed by atoms with Crippen molar-refractivity contribution in [3.05, 3.63) is 46.1 Å². The molecule has 2 heterocycles. The highest BCUT2D eigenvalue weighted by Gasteiger charge is 2.20. The topological polar surface area (TPSA) is 29.9 Å². The molecule has 0 radical (unpaired) electrons. The Bertz CT molecular complexity index is 498. The van der Waals surface area contributed by atoms with Crippen LogP contribution < -0.4 is 5.32 Å². The molecular formula is C13H14IN3. The summed E-state index contributed by atoms with van der Waals surface area (Å²) in [6.07, 6.45) is 6.33. The molecule has 2 aromatic rings. The minimum Gasteiger partial charge on any atom is -0.309 e. The summed E-state index contributed by atoms with van der Waals surface area (Å²) in [6.45, 7) is 1.11. The molecule has 88 valence electrons. The molecule has 17 heavy (non-hydrogen) atoms. The first-order valence-electron chi connectivity index (χ1n) is 5.86. The van der Waals surface area contributed by atoms with Crippen LogP contribution in [0.5, 0.6) is 0 Å². The molecule has 1 aliphatic rings. The summed E-state index contributed by atoms with van der Waals surface area (Å²) in [5.74, 6) is 0. The van der Waals surface area contributed by atoms with Gasteiger partial charge in [0.25, 0.3) is 0 Å². The van der Waals surface area contributed by atoms with Crippen molar-refractivity contribution in [1.29, 1.82) is 0 Å². The summed E-state index contributed by atoms with van der Waals surface area (Å²) in [4.78, 5) is 4.29. The van der Waals surface area contributed by atoms with Crippen LogP contribution in [0.4, 0.5) is 0 Å². The van der Waals surface area contributed by atoms with Gasteiger partial charge >= 0.3 is 0 Å². The van der Waals surface area contributed by atoms with Crippen LogP contribution in [0.15, 0.2) is 36.8 Å². The van der Waals surface area contributed by atoms with Crippen LogP contribution >= 0.6 is 22.6 Å². The van der Waals surface area contributed by atoms with Crippen LogP contribution in [0.3, 0.4) is 0 Å². The lowest BCUT2D eigenvalue weighted by Gasteiger charge is -2.13. The monoisotopic (exact) mass is 339 g/mol. The summed E-state index contributed by atoms with van der Waals surface area (Å²) < 4.78 is 3.44.